The lowest BCUT2D eigenvalue weighted by Gasteiger charge is -2.37. The maximum atomic E-state index is 14.1. The van der Waals surface area contributed by atoms with Gasteiger partial charge in [0.25, 0.3) is 0 Å². The summed E-state index contributed by atoms with van der Waals surface area (Å²) in [6.45, 7) is 2.32. The number of hydrogen-bond acceptors (Lipinski definition) is 4. The zero-order valence-corrected chi connectivity index (χ0v) is 17.9. The van der Waals surface area contributed by atoms with Crippen LogP contribution in [0.1, 0.15) is 24.2 Å². The highest BCUT2D eigenvalue weighted by Crippen LogP contribution is 2.40. The Morgan fingerprint density at radius 2 is 1.81 bits per heavy atom. The van der Waals surface area contributed by atoms with E-state index in [0.717, 1.165) is 31.6 Å². The van der Waals surface area contributed by atoms with E-state index in [-0.39, 0.29) is 16.7 Å². The van der Waals surface area contributed by atoms with Gasteiger partial charge in [0.2, 0.25) is 0 Å². The van der Waals surface area contributed by atoms with Crippen molar-refractivity contribution in [3.8, 4) is 11.1 Å². The molecule has 1 atom stereocenters. The van der Waals surface area contributed by atoms with Crippen LogP contribution in [0.2, 0.25) is 0 Å². The van der Waals surface area contributed by atoms with Crippen LogP contribution < -0.4 is 4.90 Å². The van der Waals surface area contributed by atoms with Gasteiger partial charge < -0.3 is 4.90 Å². The number of nitrogens with zero attached hydrogens (tertiary/aromatic N) is 5. The highest BCUT2D eigenvalue weighted by Gasteiger charge is 2.38. The lowest BCUT2D eigenvalue weighted by Crippen LogP contribution is -2.49. The van der Waals surface area contributed by atoms with Gasteiger partial charge in [-0.3, -0.25) is 9.30 Å². The standard InChI is InChI=1S/C22H23ClF3N5/c1-29-10-11-30(13-18(29)23)16-6-4-15(5-7-16)17-8-9-31-19(12-14-2-3-14)27-28-21(31)20(17)22(24,25)26/h4-9,14,18H,2-3,10-13H2,1H3. The van der Waals surface area contributed by atoms with Crippen molar-refractivity contribution in [1.29, 1.82) is 0 Å². The van der Waals surface area contributed by atoms with Crippen LogP contribution in [-0.4, -0.2) is 51.7 Å². The molecule has 1 unspecified atom stereocenters. The first-order chi connectivity index (χ1) is 14.8. The molecule has 9 heteroatoms. The molecule has 0 spiro atoms. The maximum Gasteiger partial charge on any atom is 0.420 e. The maximum absolute atomic E-state index is 14.1. The predicted octanol–water partition coefficient (Wildman–Crippen LogP) is 4.68. The second-order valence-corrected chi connectivity index (χ2v) is 8.97. The van der Waals surface area contributed by atoms with Gasteiger partial charge in [-0.05, 0) is 55.1 Å². The minimum atomic E-state index is -4.54. The zero-order chi connectivity index (χ0) is 21.8. The highest BCUT2D eigenvalue weighted by molar-refractivity contribution is 6.20. The van der Waals surface area contributed by atoms with Crippen molar-refractivity contribution in [2.45, 2.75) is 30.9 Å². The molecule has 0 N–H and O–H groups in total. The first-order valence-electron chi connectivity index (χ1n) is 10.4. The molecular weight excluding hydrogens is 427 g/mol. The summed E-state index contributed by atoms with van der Waals surface area (Å²) < 4.78 is 43.8. The Bertz CT molecular complexity index is 1090. The van der Waals surface area contributed by atoms with Crippen LogP contribution in [0.15, 0.2) is 36.5 Å². The average molecular weight is 450 g/mol. The van der Waals surface area contributed by atoms with Gasteiger partial charge in [0, 0.05) is 37.9 Å². The Labute approximate surface area is 183 Å². The summed E-state index contributed by atoms with van der Waals surface area (Å²) in [7, 11) is 1.98. The van der Waals surface area contributed by atoms with Crippen molar-refractivity contribution in [3.63, 3.8) is 0 Å². The molecule has 0 amide bonds. The molecule has 1 saturated carbocycles. The lowest BCUT2D eigenvalue weighted by atomic mass is 10.00. The van der Waals surface area contributed by atoms with Crippen LogP contribution in [0.4, 0.5) is 18.9 Å². The van der Waals surface area contributed by atoms with Crippen molar-refractivity contribution in [2.75, 3.05) is 31.6 Å². The Morgan fingerprint density at radius 1 is 1.06 bits per heavy atom. The number of pyridine rings is 1. The van der Waals surface area contributed by atoms with E-state index in [0.29, 0.717) is 30.3 Å². The van der Waals surface area contributed by atoms with Gasteiger partial charge in [-0.15, -0.1) is 21.8 Å². The van der Waals surface area contributed by atoms with Crippen LogP contribution in [-0.2, 0) is 12.6 Å². The minimum Gasteiger partial charge on any atom is -0.367 e. The summed E-state index contributed by atoms with van der Waals surface area (Å²) in [6, 6.07) is 8.71. The van der Waals surface area contributed by atoms with Gasteiger partial charge in [0.1, 0.15) is 16.9 Å². The third-order valence-corrected chi connectivity index (χ3v) is 6.69. The number of piperazine rings is 1. The molecule has 1 aliphatic heterocycles. The van der Waals surface area contributed by atoms with E-state index in [1.165, 1.54) is 10.5 Å². The van der Waals surface area contributed by atoms with Crippen molar-refractivity contribution >= 4 is 22.9 Å². The van der Waals surface area contributed by atoms with E-state index in [9.17, 15) is 13.2 Å². The molecule has 2 aromatic heterocycles. The van der Waals surface area contributed by atoms with E-state index in [1.807, 2.05) is 19.2 Å². The van der Waals surface area contributed by atoms with Crippen molar-refractivity contribution in [3.05, 3.63) is 47.9 Å². The number of anilines is 1. The number of fused-ring (bicyclic) bond motifs is 1. The van der Waals surface area contributed by atoms with E-state index in [2.05, 4.69) is 20.0 Å². The second kappa shape index (κ2) is 7.67. The van der Waals surface area contributed by atoms with Gasteiger partial charge in [0.05, 0.1) is 0 Å². The summed E-state index contributed by atoms with van der Waals surface area (Å²) in [5.74, 6) is 1.10. The number of alkyl halides is 4. The molecule has 5 rings (SSSR count). The average Bonchev–Trinajstić information content (AvgIpc) is 3.47. The van der Waals surface area contributed by atoms with Gasteiger partial charge >= 0.3 is 6.18 Å². The van der Waals surface area contributed by atoms with Crippen molar-refractivity contribution in [2.24, 2.45) is 5.92 Å². The molecule has 0 bridgehead atoms. The number of hydrogen-bond donors (Lipinski definition) is 0. The summed E-state index contributed by atoms with van der Waals surface area (Å²) >= 11 is 6.35. The molecule has 1 saturated heterocycles. The second-order valence-electron chi connectivity index (χ2n) is 8.47. The Hall–Kier alpha value is -2.32. The smallest absolute Gasteiger partial charge is 0.367 e. The fourth-order valence-corrected chi connectivity index (χ4v) is 4.42. The number of aromatic nitrogens is 3. The van der Waals surface area contributed by atoms with E-state index < -0.39 is 11.7 Å². The molecule has 0 radical (unpaired) electrons. The Morgan fingerprint density at radius 3 is 2.45 bits per heavy atom. The van der Waals surface area contributed by atoms with E-state index >= 15 is 0 Å². The van der Waals surface area contributed by atoms with Crippen LogP contribution in [0.5, 0.6) is 0 Å². The van der Waals surface area contributed by atoms with Crippen LogP contribution >= 0.6 is 11.6 Å². The van der Waals surface area contributed by atoms with Crippen LogP contribution in [0, 0.1) is 5.92 Å². The molecule has 3 heterocycles. The molecule has 3 aromatic rings. The highest BCUT2D eigenvalue weighted by atomic mass is 35.5. The minimum absolute atomic E-state index is 0.0922. The van der Waals surface area contributed by atoms with Crippen LogP contribution in [0.3, 0.4) is 0 Å². The molecular formula is C22H23ClF3N5. The van der Waals surface area contributed by atoms with E-state index in [1.54, 1.807) is 18.3 Å². The first-order valence-corrected chi connectivity index (χ1v) is 10.9. The summed E-state index contributed by atoms with van der Waals surface area (Å²) in [4.78, 5) is 4.23. The van der Waals surface area contributed by atoms with Gasteiger partial charge in [-0.2, -0.15) is 13.2 Å². The molecule has 2 fully saturated rings. The molecule has 1 aliphatic carbocycles. The monoisotopic (exact) mass is 449 g/mol. The van der Waals surface area contributed by atoms with Crippen molar-refractivity contribution in [1.82, 2.24) is 19.5 Å². The third kappa shape index (κ3) is 3.99. The third-order valence-electron chi connectivity index (χ3n) is 6.22. The fraction of sp³-hybridized carbons (Fsp3) is 0.455. The zero-order valence-electron chi connectivity index (χ0n) is 17.1. The Kier molecular flexibility index (Phi) is 5.09. The first kappa shape index (κ1) is 20.6. The van der Waals surface area contributed by atoms with Gasteiger partial charge in [0.15, 0.2) is 5.65 Å². The summed E-state index contributed by atoms with van der Waals surface area (Å²) in [6.07, 6.45) is -0.0145. The number of halogens is 4. The van der Waals surface area contributed by atoms with Gasteiger partial charge in [-0.25, -0.2) is 0 Å². The van der Waals surface area contributed by atoms with Gasteiger partial charge in [-0.1, -0.05) is 12.1 Å². The molecule has 31 heavy (non-hydrogen) atoms. The molecule has 164 valence electrons. The lowest BCUT2D eigenvalue weighted by molar-refractivity contribution is -0.136. The summed E-state index contributed by atoms with van der Waals surface area (Å²) in [5, 5.41) is 7.99. The Balaban J connectivity index is 1.50. The SMILES string of the molecule is CN1CCN(c2ccc(-c3ccn4c(CC5CC5)nnc4c3C(F)(F)F)cc2)CC1Cl. The molecule has 5 nitrogen and oxygen atoms in total. The number of rotatable bonds is 4. The summed E-state index contributed by atoms with van der Waals surface area (Å²) in [5.41, 5.74) is 0.607. The number of likely N-dealkylation sites (N-methyl/N-ethyl adjacent to an activating group) is 1. The normalized spacial score (nSPS) is 20.5. The van der Waals surface area contributed by atoms with Crippen LogP contribution in [0.25, 0.3) is 16.8 Å². The molecule has 2 aliphatic rings. The van der Waals surface area contributed by atoms with Crippen molar-refractivity contribution < 1.29 is 13.2 Å². The fourth-order valence-electron chi connectivity index (χ4n) is 4.16. The predicted molar refractivity (Wildman–Crippen MR) is 114 cm³/mol. The number of benzene rings is 1. The van der Waals surface area contributed by atoms with E-state index in [4.69, 9.17) is 11.6 Å². The molecule has 1 aromatic carbocycles. The topological polar surface area (TPSA) is 36.7 Å². The largest absolute Gasteiger partial charge is 0.420 e. The quantitative estimate of drug-likeness (QED) is 0.428.